The maximum atomic E-state index is 10.8. The molecule has 1 heterocycles. The van der Waals surface area contributed by atoms with Crippen LogP contribution in [-0.4, -0.2) is 20.8 Å². The van der Waals surface area contributed by atoms with Gasteiger partial charge in [-0.05, 0) is 5.92 Å². The molecule has 0 saturated carbocycles. The van der Waals surface area contributed by atoms with Gasteiger partial charge in [-0.2, -0.15) is 8.42 Å². The van der Waals surface area contributed by atoms with Crippen molar-refractivity contribution in [2.75, 3.05) is 12.4 Å². The summed E-state index contributed by atoms with van der Waals surface area (Å²) in [5, 5.41) is 0. The molecule has 0 radical (unpaired) electrons. The molecule has 2 atom stereocenters. The van der Waals surface area contributed by atoms with Crippen LogP contribution in [0.3, 0.4) is 0 Å². The highest BCUT2D eigenvalue weighted by Gasteiger charge is 2.29. The minimum Gasteiger partial charge on any atom is -0.270 e. The lowest BCUT2D eigenvalue weighted by atomic mass is 9.98. The van der Waals surface area contributed by atoms with Crippen LogP contribution in [0.1, 0.15) is 6.92 Å². The van der Waals surface area contributed by atoms with E-state index >= 15 is 0 Å². The minimum absolute atomic E-state index is 0.0370. The van der Waals surface area contributed by atoms with Gasteiger partial charge in [0.15, 0.2) is 0 Å². The molecule has 0 bridgehead atoms. The van der Waals surface area contributed by atoms with Crippen molar-refractivity contribution >= 4 is 10.1 Å². The SMILES string of the molecule is C#CC1CS(=O)(=O)OCC1C. The maximum absolute atomic E-state index is 10.8. The fraction of sp³-hybridized carbons (Fsp3) is 0.714. The normalized spacial score (nSPS) is 36.0. The number of hydrogen-bond donors (Lipinski definition) is 0. The molecule has 62 valence electrons. The zero-order chi connectivity index (χ0) is 8.48. The Kier molecular flexibility index (Phi) is 2.21. The molecule has 0 aromatic heterocycles. The average Bonchev–Trinajstić information content (AvgIpc) is 1.94. The van der Waals surface area contributed by atoms with Gasteiger partial charge in [0.1, 0.15) is 0 Å². The Hall–Kier alpha value is -0.530. The van der Waals surface area contributed by atoms with Gasteiger partial charge in [-0.25, -0.2) is 0 Å². The topological polar surface area (TPSA) is 43.4 Å². The van der Waals surface area contributed by atoms with Crippen molar-refractivity contribution in [2.24, 2.45) is 11.8 Å². The first-order valence-corrected chi connectivity index (χ1v) is 4.96. The zero-order valence-corrected chi connectivity index (χ0v) is 7.10. The molecule has 0 N–H and O–H groups in total. The van der Waals surface area contributed by atoms with Crippen LogP contribution >= 0.6 is 0 Å². The van der Waals surface area contributed by atoms with Crippen molar-refractivity contribution in [1.82, 2.24) is 0 Å². The second-order valence-corrected chi connectivity index (χ2v) is 4.44. The molecule has 2 unspecified atom stereocenters. The smallest absolute Gasteiger partial charge is 0.268 e. The van der Waals surface area contributed by atoms with Crippen molar-refractivity contribution in [2.45, 2.75) is 6.92 Å². The summed E-state index contributed by atoms with van der Waals surface area (Å²) in [6, 6.07) is 0. The van der Waals surface area contributed by atoms with E-state index in [1.165, 1.54) is 0 Å². The van der Waals surface area contributed by atoms with Crippen molar-refractivity contribution in [3.05, 3.63) is 0 Å². The van der Waals surface area contributed by atoms with E-state index < -0.39 is 10.1 Å². The Labute approximate surface area is 66.9 Å². The van der Waals surface area contributed by atoms with Gasteiger partial charge in [0, 0.05) is 5.92 Å². The van der Waals surface area contributed by atoms with Crippen molar-refractivity contribution < 1.29 is 12.6 Å². The van der Waals surface area contributed by atoms with Gasteiger partial charge < -0.3 is 0 Å². The standard InChI is InChI=1S/C7H10O3S/c1-3-7-5-11(8,9)10-4-6(7)2/h1,6-7H,4-5H2,2H3. The van der Waals surface area contributed by atoms with Crippen LogP contribution < -0.4 is 0 Å². The summed E-state index contributed by atoms with van der Waals surface area (Å²) in [6.45, 7) is 2.11. The van der Waals surface area contributed by atoms with Crippen LogP contribution in [0.25, 0.3) is 0 Å². The Morgan fingerprint density at radius 1 is 1.64 bits per heavy atom. The molecule has 0 aromatic rings. The van der Waals surface area contributed by atoms with Crippen LogP contribution in [0.5, 0.6) is 0 Å². The van der Waals surface area contributed by atoms with Crippen LogP contribution in [0.2, 0.25) is 0 Å². The molecule has 4 heteroatoms. The zero-order valence-electron chi connectivity index (χ0n) is 6.28. The fourth-order valence-electron chi connectivity index (χ4n) is 0.972. The molecule has 0 aromatic carbocycles. The van der Waals surface area contributed by atoms with Gasteiger partial charge in [0.2, 0.25) is 0 Å². The molecule has 0 spiro atoms. The Balaban J connectivity index is 2.76. The highest BCUT2D eigenvalue weighted by molar-refractivity contribution is 7.86. The van der Waals surface area contributed by atoms with Crippen LogP contribution in [0.15, 0.2) is 0 Å². The summed E-state index contributed by atoms with van der Waals surface area (Å²) in [4.78, 5) is 0. The molecule has 0 amide bonds. The number of terminal acetylenes is 1. The molecular formula is C7H10O3S. The third-order valence-corrected chi connectivity index (χ3v) is 3.06. The Bertz CT molecular complexity index is 273. The molecule has 3 nitrogen and oxygen atoms in total. The molecule has 1 aliphatic rings. The van der Waals surface area contributed by atoms with Gasteiger partial charge >= 0.3 is 0 Å². The lowest BCUT2D eigenvalue weighted by Gasteiger charge is -2.23. The molecule has 1 fully saturated rings. The van der Waals surface area contributed by atoms with E-state index in [0.29, 0.717) is 0 Å². The first-order chi connectivity index (χ1) is 5.05. The maximum Gasteiger partial charge on any atom is 0.268 e. The second-order valence-electron chi connectivity index (χ2n) is 2.76. The van der Waals surface area contributed by atoms with Gasteiger partial charge in [-0.1, -0.05) is 6.92 Å². The molecule has 0 aliphatic carbocycles. The van der Waals surface area contributed by atoms with Gasteiger partial charge in [0.25, 0.3) is 10.1 Å². The van der Waals surface area contributed by atoms with E-state index in [2.05, 4.69) is 10.1 Å². The summed E-state index contributed by atoms with van der Waals surface area (Å²) < 4.78 is 26.3. The fourth-order valence-corrected chi connectivity index (χ4v) is 2.35. The van der Waals surface area contributed by atoms with Crippen LogP contribution in [0.4, 0.5) is 0 Å². The Morgan fingerprint density at radius 2 is 2.27 bits per heavy atom. The molecular weight excluding hydrogens is 164 g/mol. The monoisotopic (exact) mass is 174 g/mol. The van der Waals surface area contributed by atoms with E-state index in [-0.39, 0.29) is 24.2 Å². The largest absolute Gasteiger partial charge is 0.270 e. The molecule has 1 aliphatic heterocycles. The third-order valence-electron chi connectivity index (χ3n) is 1.80. The van der Waals surface area contributed by atoms with Crippen molar-refractivity contribution in [1.29, 1.82) is 0 Å². The van der Waals surface area contributed by atoms with E-state index in [0.717, 1.165) is 0 Å². The van der Waals surface area contributed by atoms with E-state index in [1.807, 2.05) is 6.92 Å². The predicted molar refractivity (Wildman–Crippen MR) is 41.2 cm³/mol. The van der Waals surface area contributed by atoms with Gasteiger partial charge in [0.05, 0.1) is 12.4 Å². The van der Waals surface area contributed by atoms with Crippen molar-refractivity contribution in [3.63, 3.8) is 0 Å². The summed E-state index contributed by atoms with van der Waals surface area (Å²) in [5.41, 5.74) is 0. The van der Waals surface area contributed by atoms with E-state index in [4.69, 9.17) is 6.42 Å². The lowest BCUT2D eigenvalue weighted by Crippen LogP contribution is -2.32. The predicted octanol–water partition coefficient (Wildman–Crippen LogP) is 0.232. The third kappa shape index (κ3) is 1.95. The van der Waals surface area contributed by atoms with Crippen LogP contribution in [-0.2, 0) is 14.3 Å². The average molecular weight is 174 g/mol. The van der Waals surface area contributed by atoms with Crippen molar-refractivity contribution in [3.8, 4) is 12.3 Å². The summed E-state index contributed by atoms with van der Waals surface area (Å²) >= 11 is 0. The molecule has 11 heavy (non-hydrogen) atoms. The highest BCUT2D eigenvalue weighted by atomic mass is 32.2. The minimum atomic E-state index is -3.32. The summed E-state index contributed by atoms with van der Waals surface area (Å²) in [6.07, 6.45) is 5.14. The molecule has 1 saturated heterocycles. The number of rotatable bonds is 0. The first-order valence-electron chi connectivity index (χ1n) is 3.38. The second kappa shape index (κ2) is 2.84. The highest BCUT2D eigenvalue weighted by Crippen LogP contribution is 2.20. The molecule has 1 rings (SSSR count). The summed E-state index contributed by atoms with van der Waals surface area (Å²) in [5.74, 6) is 2.37. The summed E-state index contributed by atoms with van der Waals surface area (Å²) in [7, 11) is -3.32. The van der Waals surface area contributed by atoms with Gasteiger partial charge in [-0.15, -0.1) is 12.3 Å². The van der Waals surface area contributed by atoms with E-state index in [9.17, 15) is 8.42 Å². The quantitative estimate of drug-likeness (QED) is 0.390. The lowest BCUT2D eigenvalue weighted by molar-refractivity contribution is 0.215. The van der Waals surface area contributed by atoms with E-state index in [1.54, 1.807) is 0 Å². The number of hydrogen-bond acceptors (Lipinski definition) is 3. The van der Waals surface area contributed by atoms with Crippen LogP contribution in [0, 0.1) is 24.2 Å². The Morgan fingerprint density at radius 3 is 2.73 bits per heavy atom. The first kappa shape index (κ1) is 8.57. The van der Waals surface area contributed by atoms with Gasteiger partial charge in [-0.3, -0.25) is 4.18 Å².